The van der Waals surface area contributed by atoms with Gasteiger partial charge in [0.2, 0.25) is 11.9 Å². The Morgan fingerprint density at radius 1 is 1.22 bits per heavy atom. The van der Waals surface area contributed by atoms with Crippen molar-refractivity contribution in [2.45, 2.75) is 43.8 Å². The van der Waals surface area contributed by atoms with E-state index in [-0.39, 0.29) is 0 Å². The first kappa shape index (κ1) is 20.2. The van der Waals surface area contributed by atoms with Gasteiger partial charge in [-0.3, -0.25) is 4.79 Å². The van der Waals surface area contributed by atoms with Crippen molar-refractivity contribution < 1.29 is 13.7 Å². The van der Waals surface area contributed by atoms with E-state index in [4.69, 9.17) is 10.5 Å². The Labute approximate surface area is 163 Å². The maximum atomic E-state index is 13.1. The van der Waals surface area contributed by atoms with Crippen LogP contribution in [0, 0.1) is 0 Å². The molecule has 2 saturated heterocycles. The zero-order valence-corrected chi connectivity index (χ0v) is 16.7. The number of anilines is 1. The average Bonchev–Trinajstić information content (AvgIpc) is 2.72. The fourth-order valence-corrected chi connectivity index (χ4v) is 5.21. The van der Waals surface area contributed by atoms with E-state index in [1.165, 1.54) is 0 Å². The molecule has 1 unspecified atom stereocenters. The van der Waals surface area contributed by atoms with Gasteiger partial charge in [0.05, 0.1) is 0 Å². The summed E-state index contributed by atoms with van der Waals surface area (Å²) in [6.07, 6.45) is 7.91. The number of nitrogens with zero attached hydrogens (tertiary/aromatic N) is 4. The van der Waals surface area contributed by atoms with Gasteiger partial charge in [-0.05, 0) is 31.2 Å². The van der Waals surface area contributed by atoms with Crippen LogP contribution < -0.4 is 10.6 Å². The van der Waals surface area contributed by atoms with Crippen LogP contribution in [0.4, 0.5) is 5.95 Å². The van der Waals surface area contributed by atoms with Crippen LogP contribution in [0.2, 0.25) is 0 Å². The van der Waals surface area contributed by atoms with Gasteiger partial charge in [-0.15, -0.1) is 0 Å². The van der Waals surface area contributed by atoms with E-state index in [0.717, 1.165) is 24.8 Å². The smallest absolute Gasteiger partial charge is 0.237 e. The number of nitrogens with two attached hydrogens (primary N) is 1. The summed E-state index contributed by atoms with van der Waals surface area (Å²) in [4.78, 5) is 23.1. The second-order valence-electron chi connectivity index (χ2n) is 7.13. The fourth-order valence-electron chi connectivity index (χ4n) is 3.53. The molecule has 2 aliphatic heterocycles. The highest BCUT2D eigenvalue weighted by molar-refractivity contribution is 7.85. The first-order valence-corrected chi connectivity index (χ1v) is 10.8. The Kier molecular flexibility index (Phi) is 6.78. The number of carbonyl (C=O) groups is 1. The highest BCUT2D eigenvalue weighted by Gasteiger charge is 2.47. The van der Waals surface area contributed by atoms with Crippen LogP contribution in [-0.2, 0) is 26.9 Å². The molecule has 2 N–H and O–H groups in total. The van der Waals surface area contributed by atoms with Crippen molar-refractivity contribution >= 4 is 22.8 Å². The summed E-state index contributed by atoms with van der Waals surface area (Å²) in [5.74, 6) is 0.217. The van der Waals surface area contributed by atoms with E-state index in [9.17, 15) is 9.00 Å². The lowest BCUT2D eigenvalue weighted by Crippen LogP contribution is -2.58. The number of hydrogen-bond donors (Lipinski definition) is 1. The number of unbranched alkanes of at least 4 members (excludes halogenated alkanes) is 1. The number of piperazine rings is 1. The first-order valence-electron chi connectivity index (χ1n) is 9.67. The number of aryl methyl sites for hydroxylation is 1. The summed E-state index contributed by atoms with van der Waals surface area (Å²) in [6.45, 7) is 5.53. The molecule has 27 heavy (non-hydrogen) atoms. The lowest BCUT2D eigenvalue weighted by Gasteiger charge is -2.40. The van der Waals surface area contributed by atoms with E-state index < -0.39 is 21.6 Å². The molecule has 150 valence electrons. The predicted octanol–water partition coefficient (Wildman–Crippen LogP) is 0.639. The zero-order valence-electron chi connectivity index (χ0n) is 15.9. The summed E-state index contributed by atoms with van der Waals surface area (Å²) in [6, 6.07) is 0. The number of ether oxygens (including phenoxy) is 1. The molecule has 1 amide bonds. The standard InChI is InChI=1S/C18H29N5O3S/c1-2-3-4-15-13-20-17(21-14-15)22-7-9-23(10-8-22)27(25)18(16(19)24)5-11-26-12-6-18/h13-14H,2-12H2,1H3,(H2,19,24). The number of amides is 1. The summed E-state index contributed by atoms with van der Waals surface area (Å²) < 4.78 is 19.3. The minimum atomic E-state index is -1.45. The normalized spacial score (nSPS) is 21.7. The Hall–Kier alpha value is -1.58. The largest absolute Gasteiger partial charge is 0.381 e. The van der Waals surface area contributed by atoms with Crippen LogP contribution in [0.1, 0.15) is 38.2 Å². The molecule has 8 nitrogen and oxygen atoms in total. The third-order valence-corrected chi connectivity index (χ3v) is 7.46. The van der Waals surface area contributed by atoms with Crippen molar-refractivity contribution in [3.05, 3.63) is 18.0 Å². The van der Waals surface area contributed by atoms with Crippen molar-refractivity contribution in [3.8, 4) is 0 Å². The first-order chi connectivity index (χ1) is 13.1. The van der Waals surface area contributed by atoms with Crippen molar-refractivity contribution in [3.63, 3.8) is 0 Å². The van der Waals surface area contributed by atoms with Crippen LogP contribution in [0.5, 0.6) is 0 Å². The van der Waals surface area contributed by atoms with Crippen molar-refractivity contribution in [1.82, 2.24) is 14.3 Å². The maximum absolute atomic E-state index is 13.1. The Balaban J connectivity index is 1.59. The number of aromatic nitrogens is 2. The van der Waals surface area contributed by atoms with Crippen molar-refractivity contribution in [2.24, 2.45) is 5.73 Å². The third-order valence-electron chi connectivity index (χ3n) is 5.35. The fraction of sp³-hybridized carbons (Fsp3) is 0.722. The lowest BCUT2D eigenvalue weighted by molar-refractivity contribution is -0.122. The average molecular weight is 396 g/mol. The van der Waals surface area contributed by atoms with E-state index in [2.05, 4.69) is 21.8 Å². The molecule has 0 radical (unpaired) electrons. The molecule has 1 aromatic rings. The zero-order chi connectivity index (χ0) is 19.3. The minimum absolute atomic E-state index is 0.414. The molecule has 3 rings (SSSR count). The molecule has 0 bridgehead atoms. The molecule has 1 atom stereocenters. The van der Waals surface area contributed by atoms with Crippen molar-refractivity contribution in [1.29, 1.82) is 0 Å². The Morgan fingerprint density at radius 2 is 1.85 bits per heavy atom. The lowest BCUT2D eigenvalue weighted by atomic mass is 9.98. The number of primary amides is 1. The van der Waals surface area contributed by atoms with E-state index in [1.807, 2.05) is 16.7 Å². The van der Waals surface area contributed by atoms with Gasteiger partial charge in [0, 0.05) is 51.8 Å². The predicted molar refractivity (Wildman–Crippen MR) is 105 cm³/mol. The van der Waals surface area contributed by atoms with Gasteiger partial charge in [-0.25, -0.2) is 18.5 Å². The topological polar surface area (TPSA) is 102 Å². The van der Waals surface area contributed by atoms with Gasteiger partial charge in [-0.1, -0.05) is 13.3 Å². The van der Waals surface area contributed by atoms with Gasteiger partial charge in [0.25, 0.3) is 0 Å². The van der Waals surface area contributed by atoms with Gasteiger partial charge in [0.15, 0.2) is 0 Å². The van der Waals surface area contributed by atoms with Gasteiger partial charge >= 0.3 is 0 Å². The molecular formula is C18H29N5O3S. The van der Waals surface area contributed by atoms with Gasteiger partial charge in [-0.2, -0.15) is 0 Å². The van der Waals surface area contributed by atoms with Crippen LogP contribution in [0.3, 0.4) is 0 Å². The van der Waals surface area contributed by atoms with Crippen molar-refractivity contribution in [2.75, 3.05) is 44.3 Å². The molecular weight excluding hydrogens is 366 g/mol. The van der Waals surface area contributed by atoms with Crippen LogP contribution in [-0.4, -0.2) is 68.5 Å². The third kappa shape index (κ3) is 4.47. The SMILES string of the molecule is CCCCc1cnc(N2CCN(S(=O)C3(C(N)=O)CCOCC3)CC2)nc1. The van der Waals surface area contributed by atoms with E-state index in [1.54, 1.807) is 0 Å². The highest BCUT2D eigenvalue weighted by Crippen LogP contribution is 2.30. The van der Waals surface area contributed by atoms with Gasteiger partial charge < -0.3 is 15.4 Å². The molecule has 2 fully saturated rings. The number of carbonyl (C=O) groups excluding carboxylic acids is 1. The van der Waals surface area contributed by atoms with Crippen LogP contribution >= 0.6 is 0 Å². The highest BCUT2D eigenvalue weighted by atomic mass is 32.2. The van der Waals surface area contributed by atoms with Crippen LogP contribution in [0.15, 0.2) is 12.4 Å². The molecule has 9 heteroatoms. The van der Waals surface area contributed by atoms with Gasteiger partial charge in [0.1, 0.15) is 15.7 Å². The molecule has 2 aliphatic rings. The molecule has 1 aromatic heterocycles. The molecule has 0 spiro atoms. The Morgan fingerprint density at radius 3 is 2.41 bits per heavy atom. The number of hydrogen-bond acceptors (Lipinski definition) is 6. The monoisotopic (exact) mass is 395 g/mol. The Bertz CT molecular complexity index is 655. The molecule has 0 saturated carbocycles. The van der Waals surface area contributed by atoms with Crippen LogP contribution in [0.25, 0.3) is 0 Å². The molecule has 0 aliphatic carbocycles. The number of rotatable bonds is 7. The molecule has 3 heterocycles. The summed E-state index contributed by atoms with van der Waals surface area (Å²) in [5.41, 5.74) is 6.79. The second kappa shape index (κ2) is 9.07. The summed E-state index contributed by atoms with van der Waals surface area (Å²) in [5, 5.41) is 0. The quantitative estimate of drug-likeness (QED) is 0.727. The second-order valence-corrected chi connectivity index (χ2v) is 8.93. The minimum Gasteiger partial charge on any atom is -0.381 e. The summed E-state index contributed by atoms with van der Waals surface area (Å²) >= 11 is 0. The molecule has 0 aromatic carbocycles. The maximum Gasteiger partial charge on any atom is 0.237 e. The van der Waals surface area contributed by atoms with E-state index >= 15 is 0 Å². The summed E-state index contributed by atoms with van der Waals surface area (Å²) in [7, 11) is -1.45. The van der Waals surface area contributed by atoms with E-state index in [0.29, 0.717) is 58.2 Å².